The molecule has 0 bridgehead atoms. The Kier molecular flexibility index (Phi) is 4.19. The second-order valence-electron chi connectivity index (χ2n) is 3.08. The van der Waals surface area contributed by atoms with Crippen molar-refractivity contribution in [1.29, 1.82) is 10.5 Å². The van der Waals surface area contributed by atoms with Crippen molar-refractivity contribution in [3.63, 3.8) is 0 Å². The van der Waals surface area contributed by atoms with Crippen LogP contribution in [0.2, 0.25) is 0 Å². The van der Waals surface area contributed by atoms with Crippen LogP contribution in [0.4, 0.5) is 14.5 Å². The highest BCUT2D eigenvalue weighted by Crippen LogP contribution is 2.27. The molecule has 0 aliphatic carbocycles. The number of nitrogens with one attached hydrogen (secondary N) is 1. The van der Waals surface area contributed by atoms with Gasteiger partial charge in [0.2, 0.25) is 0 Å². The van der Waals surface area contributed by atoms with E-state index in [9.17, 15) is 8.78 Å². The Hall–Kier alpha value is -1.92. The van der Waals surface area contributed by atoms with Crippen LogP contribution in [0, 0.1) is 41.2 Å². The summed E-state index contributed by atoms with van der Waals surface area (Å²) in [6, 6.07) is 4.42. The van der Waals surface area contributed by atoms with Gasteiger partial charge in [0.25, 0.3) is 0 Å². The fourth-order valence-corrected chi connectivity index (χ4v) is 1.60. The first-order valence-electron chi connectivity index (χ1n) is 4.42. The fraction of sp³-hybridized carbons (Fsp3) is 0.0909. The molecule has 0 amide bonds. The first-order chi connectivity index (χ1) is 8.01. The molecule has 0 fully saturated rings. The molecule has 17 heavy (non-hydrogen) atoms. The number of allylic oxidation sites excluding steroid dienone is 1. The van der Waals surface area contributed by atoms with Crippen molar-refractivity contribution in [2.24, 2.45) is 0 Å². The van der Waals surface area contributed by atoms with Crippen molar-refractivity contribution < 1.29 is 8.78 Å². The Bertz CT molecular complexity index is 552. The molecule has 0 radical (unpaired) electrons. The molecule has 1 N–H and O–H groups in total. The molecule has 0 saturated carbocycles. The zero-order valence-corrected chi connectivity index (χ0v) is 10.3. The van der Waals surface area contributed by atoms with Gasteiger partial charge in [-0.2, -0.15) is 10.5 Å². The van der Waals surface area contributed by atoms with Gasteiger partial charge in [0, 0.05) is 11.8 Å². The number of rotatable bonds is 2. The van der Waals surface area contributed by atoms with Crippen molar-refractivity contribution in [3.8, 4) is 12.1 Å². The quantitative estimate of drug-likeness (QED) is 0.672. The average Bonchev–Trinajstić information content (AvgIpc) is 2.33. The third-order valence-corrected chi connectivity index (χ3v) is 2.57. The maximum Gasteiger partial charge on any atom is 0.152 e. The van der Waals surface area contributed by atoms with Gasteiger partial charge in [0.15, 0.2) is 5.82 Å². The molecule has 3 nitrogen and oxygen atoms in total. The Labute approximate surface area is 105 Å². The van der Waals surface area contributed by atoms with Crippen LogP contribution in [0.1, 0.15) is 5.56 Å². The maximum absolute atomic E-state index is 13.6. The minimum absolute atomic E-state index is 0.0150. The third kappa shape index (κ3) is 2.80. The second-order valence-corrected chi connectivity index (χ2v) is 3.94. The number of nitrogens with zero attached hydrogens (tertiary/aromatic N) is 2. The number of hydrogen-bond donors (Lipinski definition) is 1. The molecule has 86 valence electrons. The normalized spacial score (nSPS) is 9.06. The molecule has 0 saturated heterocycles. The summed E-state index contributed by atoms with van der Waals surface area (Å²) in [6.45, 7) is 1.29. The zero-order valence-electron chi connectivity index (χ0n) is 8.68. The molecule has 6 heteroatoms. The van der Waals surface area contributed by atoms with Gasteiger partial charge in [-0.15, -0.1) is 0 Å². The van der Waals surface area contributed by atoms with Gasteiger partial charge in [0.05, 0.1) is 10.2 Å². The average molecular weight is 298 g/mol. The summed E-state index contributed by atoms with van der Waals surface area (Å²) < 4.78 is 27.0. The molecule has 1 aromatic rings. The molecule has 0 atom stereocenters. The van der Waals surface area contributed by atoms with Crippen LogP contribution in [0.5, 0.6) is 0 Å². The molecule has 1 rings (SSSR count). The molecule has 0 aliphatic heterocycles. The van der Waals surface area contributed by atoms with E-state index in [0.29, 0.717) is 0 Å². The summed E-state index contributed by atoms with van der Waals surface area (Å²) in [5.41, 5.74) is -0.369. The van der Waals surface area contributed by atoms with Gasteiger partial charge in [-0.1, -0.05) is 0 Å². The molecule has 1 aromatic carbocycles. The fourth-order valence-electron chi connectivity index (χ4n) is 1.08. The van der Waals surface area contributed by atoms with Crippen molar-refractivity contribution in [2.75, 3.05) is 5.32 Å². The Morgan fingerprint density at radius 2 is 1.94 bits per heavy atom. The van der Waals surface area contributed by atoms with E-state index >= 15 is 0 Å². The topological polar surface area (TPSA) is 59.6 Å². The highest BCUT2D eigenvalue weighted by atomic mass is 79.9. The predicted molar refractivity (Wildman–Crippen MR) is 61.7 cm³/mol. The zero-order chi connectivity index (χ0) is 13.0. The van der Waals surface area contributed by atoms with Crippen molar-refractivity contribution in [2.45, 2.75) is 6.92 Å². The summed E-state index contributed by atoms with van der Waals surface area (Å²) in [6.07, 6.45) is 1.06. The lowest BCUT2D eigenvalue weighted by atomic mass is 10.2. The van der Waals surface area contributed by atoms with Crippen LogP contribution in [-0.4, -0.2) is 0 Å². The number of anilines is 1. The molecule has 0 aromatic heterocycles. The van der Waals surface area contributed by atoms with Crippen LogP contribution >= 0.6 is 15.9 Å². The van der Waals surface area contributed by atoms with E-state index in [1.54, 1.807) is 12.1 Å². The van der Waals surface area contributed by atoms with Crippen LogP contribution in [0.3, 0.4) is 0 Å². The number of benzene rings is 1. The van der Waals surface area contributed by atoms with E-state index in [-0.39, 0.29) is 21.3 Å². The number of nitriles is 2. The largest absolute Gasteiger partial charge is 0.357 e. The first kappa shape index (κ1) is 13.1. The summed E-state index contributed by atoms with van der Waals surface area (Å²) in [4.78, 5) is 0. The van der Waals surface area contributed by atoms with Gasteiger partial charge in [0.1, 0.15) is 23.5 Å². The standard InChI is InChI=1S/C11H6BrF2N3/c1-6-10(13)8(12)2-9(11(6)14)17-5-7(3-15)4-16/h2,5,17H,1H3. The van der Waals surface area contributed by atoms with Crippen LogP contribution in [0.25, 0.3) is 0 Å². The van der Waals surface area contributed by atoms with E-state index in [1.807, 2.05) is 0 Å². The van der Waals surface area contributed by atoms with Gasteiger partial charge < -0.3 is 5.32 Å². The molecule has 0 spiro atoms. The van der Waals surface area contributed by atoms with Crippen LogP contribution in [0.15, 0.2) is 22.3 Å². The van der Waals surface area contributed by atoms with Gasteiger partial charge in [-0.25, -0.2) is 8.78 Å². The minimum atomic E-state index is -0.767. The summed E-state index contributed by atoms with van der Waals surface area (Å²) in [5, 5.41) is 19.4. The monoisotopic (exact) mass is 297 g/mol. The highest BCUT2D eigenvalue weighted by Gasteiger charge is 2.13. The number of halogens is 3. The summed E-state index contributed by atoms with van der Waals surface area (Å²) in [7, 11) is 0. The lowest BCUT2D eigenvalue weighted by Crippen LogP contribution is -1.99. The highest BCUT2D eigenvalue weighted by molar-refractivity contribution is 9.10. The Balaban J connectivity index is 3.15. The number of hydrogen-bond acceptors (Lipinski definition) is 3. The smallest absolute Gasteiger partial charge is 0.152 e. The Morgan fingerprint density at radius 3 is 2.47 bits per heavy atom. The summed E-state index contributed by atoms with van der Waals surface area (Å²) in [5.74, 6) is -1.45. The predicted octanol–water partition coefficient (Wildman–Crippen LogP) is 3.38. The van der Waals surface area contributed by atoms with Crippen molar-refractivity contribution in [3.05, 3.63) is 39.5 Å². The maximum atomic E-state index is 13.6. The van der Waals surface area contributed by atoms with E-state index < -0.39 is 11.6 Å². The molecular weight excluding hydrogens is 292 g/mol. The molecular formula is C11H6BrF2N3. The molecule has 0 unspecified atom stereocenters. The van der Waals surface area contributed by atoms with Gasteiger partial charge >= 0.3 is 0 Å². The second kappa shape index (κ2) is 5.42. The van der Waals surface area contributed by atoms with E-state index in [4.69, 9.17) is 10.5 Å². The lowest BCUT2D eigenvalue weighted by molar-refractivity contribution is 0.566. The molecule has 0 aliphatic rings. The van der Waals surface area contributed by atoms with Crippen molar-refractivity contribution >= 4 is 21.6 Å². The summed E-state index contributed by atoms with van der Waals surface area (Å²) >= 11 is 2.94. The SMILES string of the molecule is Cc1c(F)c(Br)cc(NC=C(C#N)C#N)c1F. The van der Waals surface area contributed by atoms with E-state index in [1.165, 1.54) is 13.0 Å². The third-order valence-electron chi connectivity index (χ3n) is 1.99. The van der Waals surface area contributed by atoms with Gasteiger partial charge in [-0.05, 0) is 28.9 Å². The Morgan fingerprint density at radius 1 is 1.35 bits per heavy atom. The van der Waals surface area contributed by atoms with Crippen LogP contribution in [-0.2, 0) is 0 Å². The first-order valence-corrected chi connectivity index (χ1v) is 5.21. The van der Waals surface area contributed by atoms with Gasteiger partial charge in [-0.3, -0.25) is 0 Å². The van der Waals surface area contributed by atoms with Crippen LogP contribution < -0.4 is 5.32 Å². The van der Waals surface area contributed by atoms with Crippen molar-refractivity contribution in [1.82, 2.24) is 0 Å². The molecule has 0 heterocycles. The van der Waals surface area contributed by atoms with E-state index in [2.05, 4.69) is 21.2 Å². The lowest BCUT2D eigenvalue weighted by Gasteiger charge is -2.08. The van der Waals surface area contributed by atoms with E-state index in [0.717, 1.165) is 6.20 Å². The minimum Gasteiger partial charge on any atom is -0.357 e.